The highest BCUT2D eigenvalue weighted by Crippen LogP contribution is 2.54. The van der Waals surface area contributed by atoms with Gasteiger partial charge in [-0.3, -0.25) is 9.48 Å². The highest BCUT2D eigenvalue weighted by molar-refractivity contribution is 9.10. The quantitative estimate of drug-likeness (QED) is 0.284. The van der Waals surface area contributed by atoms with Gasteiger partial charge in [-0.15, -0.1) is 11.8 Å². The number of nitrogens with zero attached hydrogens (tertiary/aromatic N) is 7. The van der Waals surface area contributed by atoms with Crippen molar-refractivity contribution in [2.24, 2.45) is 13.0 Å². The fraction of sp³-hybridized carbons (Fsp3) is 0.393. The van der Waals surface area contributed by atoms with Crippen molar-refractivity contribution >= 4 is 61.5 Å². The van der Waals surface area contributed by atoms with Gasteiger partial charge in [-0.2, -0.15) is 10.4 Å². The number of carboxylic acid groups (broad SMARTS) is 1. The summed E-state index contributed by atoms with van der Waals surface area (Å²) in [4.78, 5) is 33.1. The number of aryl methyl sites for hydroxylation is 2. The summed E-state index contributed by atoms with van der Waals surface area (Å²) in [6, 6.07) is 5.51. The number of fused-ring (bicyclic) bond motifs is 4. The Hall–Kier alpha value is -3.63. The van der Waals surface area contributed by atoms with Crippen molar-refractivity contribution in [3.8, 4) is 17.3 Å². The molecule has 3 fully saturated rings. The van der Waals surface area contributed by atoms with Crippen molar-refractivity contribution in [2.75, 3.05) is 26.9 Å². The van der Waals surface area contributed by atoms with Crippen LogP contribution in [0.5, 0.6) is 0 Å². The van der Waals surface area contributed by atoms with Gasteiger partial charge >= 0.3 is 6.09 Å². The van der Waals surface area contributed by atoms with Crippen LogP contribution in [-0.4, -0.2) is 79.2 Å². The second kappa shape index (κ2) is 10.0. The topological polar surface area (TPSA) is 120 Å². The summed E-state index contributed by atoms with van der Waals surface area (Å²) in [5, 5.41) is 25.5. The summed E-state index contributed by atoms with van der Waals surface area (Å²) in [5.74, 6) is -0.660. The summed E-state index contributed by atoms with van der Waals surface area (Å²) in [7, 11) is 5.07. The number of carbonyl (C=O) groups excluding carboxylic acids is 1. The Morgan fingerprint density at radius 3 is 2.71 bits per heavy atom. The van der Waals surface area contributed by atoms with Gasteiger partial charge in [0.25, 0.3) is 5.91 Å². The van der Waals surface area contributed by atoms with Gasteiger partial charge in [-0.05, 0) is 52.7 Å². The number of thioether (sulfide) groups is 1. The zero-order chi connectivity index (χ0) is 29.3. The van der Waals surface area contributed by atoms with Gasteiger partial charge in [0.15, 0.2) is 5.82 Å². The Balaban J connectivity index is 1.73. The minimum Gasteiger partial charge on any atom is -0.465 e. The third-order valence-corrected chi connectivity index (χ3v) is 9.87. The van der Waals surface area contributed by atoms with Gasteiger partial charge in [0.05, 0.1) is 40.0 Å². The summed E-state index contributed by atoms with van der Waals surface area (Å²) in [6.45, 7) is 0.409. The summed E-state index contributed by atoms with van der Waals surface area (Å²) < 4.78 is 19.9. The number of hydrogen-bond donors (Lipinski definition) is 1. The maximum absolute atomic E-state index is 15.9. The first kappa shape index (κ1) is 27.5. The molecule has 1 saturated carbocycles. The first-order valence-electron chi connectivity index (χ1n) is 13.1. The number of benzene rings is 1. The molecule has 7 rings (SSSR count). The lowest BCUT2D eigenvalue weighted by Crippen LogP contribution is -2.42. The van der Waals surface area contributed by atoms with E-state index in [0.29, 0.717) is 45.9 Å². The average molecular weight is 641 g/mol. The predicted molar refractivity (Wildman–Crippen MR) is 156 cm³/mol. The molecule has 4 aromatic rings. The van der Waals surface area contributed by atoms with Crippen LogP contribution in [-0.2, 0) is 13.5 Å². The molecule has 0 radical (unpaired) electrons. The molecule has 2 aliphatic heterocycles. The first-order valence-corrected chi connectivity index (χ1v) is 15.1. The van der Waals surface area contributed by atoms with E-state index in [2.05, 4.69) is 31.7 Å². The maximum Gasteiger partial charge on any atom is 0.407 e. The Kier molecular flexibility index (Phi) is 6.73. The van der Waals surface area contributed by atoms with Gasteiger partial charge in [-0.1, -0.05) is 0 Å². The Morgan fingerprint density at radius 2 is 2.07 bits per heavy atom. The average Bonchev–Trinajstić information content (AvgIpc) is 3.71. The van der Waals surface area contributed by atoms with Crippen molar-refractivity contribution < 1.29 is 19.1 Å². The lowest BCUT2D eigenvalue weighted by molar-refractivity contribution is 0.0817. The van der Waals surface area contributed by atoms with E-state index in [9.17, 15) is 20.0 Å². The van der Waals surface area contributed by atoms with Crippen molar-refractivity contribution in [3.05, 3.63) is 39.9 Å². The van der Waals surface area contributed by atoms with Crippen LogP contribution >= 0.6 is 27.7 Å². The van der Waals surface area contributed by atoms with Crippen LogP contribution in [0, 0.1) is 23.1 Å². The number of halogens is 2. The molecular formula is C28H27BrFN7O3S. The zero-order valence-electron chi connectivity index (χ0n) is 22.9. The third kappa shape index (κ3) is 4.02. The number of pyridine rings is 1. The van der Waals surface area contributed by atoms with Gasteiger partial charge < -0.3 is 19.5 Å². The maximum atomic E-state index is 15.9. The number of hydrogen-bond acceptors (Lipinski definition) is 6. The highest BCUT2D eigenvalue weighted by Gasteiger charge is 2.55. The number of aromatic nitrogens is 4. The molecule has 3 atom stereocenters. The van der Waals surface area contributed by atoms with Gasteiger partial charge in [-0.25, -0.2) is 14.2 Å². The fourth-order valence-corrected chi connectivity index (χ4v) is 7.47. The lowest BCUT2D eigenvalue weighted by atomic mass is 9.79. The first-order chi connectivity index (χ1) is 19.6. The van der Waals surface area contributed by atoms with E-state index >= 15 is 4.39 Å². The van der Waals surface area contributed by atoms with Gasteiger partial charge in [0.2, 0.25) is 0 Å². The van der Waals surface area contributed by atoms with Crippen molar-refractivity contribution in [1.29, 1.82) is 5.26 Å². The molecule has 1 aliphatic carbocycles. The minimum absolute atomic E-state index is 0.0643. The van der Waals surface area contributed by atoms with Gasteiger partial charge in [0, 0.05) is 56.4 Å². The van der Waals surface area contributed by atoms with E-state index in [4.69, 9.17) is 4.98 Å². The van der Waals surface area contributed by atoms with Gasteiger partial charge in [0.1, 0.15) is 16.2 Å². The molecule has 1 aromatic carbocycles. The third-order valence-electron chi connectivity index (χ3n) is 8.31. The lowest BCUT2D eigenvalue weighted by Gasteiger charge is -2.38. The second-order valence-electron chi connectivity index (χ2n) is 10.7. The van der Waals surface area contributed by atoms with Crippen LogP contribution < -0.4 is 0 Å². The molecule has 2 saturated heterocycles. The molecule has 5 heterocycles. The molecule has 2 amide bonds. The Labute approximate surface area is 247 Å². The summed E-state index contributed by atoms with van der Waals surface area (Å²) >= 11 is 4.78. The molecule has 0 unspecified atom stereocenters. The van der Waals surface area contributed by atoms with E-state index in [0.717, 1.165) is 17.3 Å². The number of carbonyl (C=O) groups is 2. The standard InChI is InChI=1S/C28H27BrFN7O3S/c1-34(2)27(38)25-17(11-32-35(25)3)18-10-16-24(37(18)23-14-9-19(23)36(12-14)28(39)40)15-8-13(6-5-7-31)20(29)21(30)22(15)33-26(16)41-4/h8,10-11,14,19,23H,5-6,9,12H2,1-4H3,(H,39,40)/t14-,19-,23+/m1/s1. The monoisotopic (exact) mass is 639 g/mol. The van der Waals surface area contributed by atoms with E-state index in [1.807, 2.05) is 18.4 Å². The number of nitriles is 1. The molecule has 10 nitrogen and oxygen atoms in total. The minimum atomic E-state index is -0.965. The molecule has 41 heavy (non-hydrogen) atoms. The molecular weight excluding hydrogens is 613 g/mol. The van der Waals surface area contributed by atoms with Crippen molar-refractivity contribution in [3.63, 3.8) is 0 Å². The number of amides is 2. The molecule has 1 N–H and O–H groups in total. The van der Waals surface area contributed by atoms with Crippen LogP contribution in [0.15, 0.2) is 27.8 Å². The highest BCUT2D eigenvalue weighted by atomic mass is 79.9. The SMILES string of the molecule is CSc1nc2c(F)c(Br)c(CCC#N)cc2c2c1cc(-c1cnn(C)c1C(=O)N(C)C)n2[C@H]1[C@@H]2C[C@H]1N(C(=O)O)C2. The number of rotatable bonds is 6. The van der Waals surface area contributed by atoms with E-state index in [-0.39, 0.29) is 40.3 Å². The van der Waals surface area contributed by atoms with E-state index in [1.54, 1.807) is 32.0 Å². The molecule has 3 aliphatic rings. The Bertz CT molecular complexity index is 1810. The van der Waals surface area contributed by atoms with E-state index in [1.165, 1.54) is 21.6 Å². The summed E-state index contributed by atoms with van der Waals surface area (Å²) in [6.07, 6.45) is 3.88. The molecule has 212 valence electrons. The fourth-order valence-electron chi connectivity index (χ4n) is 6.41. The smallest absolute Gasteiger partial charge is 0.407 e. The largest absolute Gasteiger partial charge is 0.465 e. The second-order valence-corrected chi connectivity index (χ2v) is 12.3. The summed E-state index contributed by atoms with van der Waals surface area (Å²) in [5.41, 5.74) is 3.29. The zero-order valence-corrected chi connectivity index (χ0v) is 25.3. The predicted octanol–water partition coefficient (Wildman–Crippen LogP) is 5.29. The van der Waals surface area contributed by atoms with Crippen LogP contribution in [0.3, 0.4) is 0 Å². The van der Waals surface area contributed by atoms with Crippen LogP contribution in [0.1, 0.15) is 34.9 Å². The normalized spacial score (nSPS) is 19.5. The van der Waals surface area contributed by atoms with Crippen LogP contribution in [0.2, 0.25) is 0 Å². The van der Waals surface area contributed by atoms with Crippen molar-refractivity contribution in [2.45, 2.75) is 36.4 Å². The Morgan fingerprint density at radius 1 is 1.32 bits per heavy atom. The van der Waals surface area contributed by atoms with Crippen molar-refractivity contribution in [1.82, 2.24) is 29.1 Å². The molecule has 0 spiro atoms. The van der Waals surface area contributed by atoms with E-state index < -0.39 is 11.9 Å². The molecule has 3 aromatic heterocycles. The van der Waals surface area contributed by atoms with Crippen LogP contribution in [0.25, 0.3) is 33.1 Å². The van der Waals surface area contributed by atoms with Crippen LogP contribution in [0.4, 0.5) is 9.18 Å². The molecule has 2 bridgehead atoms. The molecule has 13 heteroatoms.